The number of carbonyl (C=O) groups excluding carboxylic acids is 1. The van der Waals surface area contributed by atoms with Gasteiger partial charge in [-0.1, -0.05) is 12.1 Å². The number of halogens is 1. The van der Waals surface area contributed by atoms with Crippen LogP contribution in [0.3, 0.4) is 0 Å². The van der Waals surface area contributed by atoms with Crippen LogP contribution in [0, 0.1) is 11.7 Å². The molecule has 2 aliphatic heterocycles. The van der Waals surface area contributed by atoms with Gasteiger partial charge < -0.3 is 14.7 Å². The Morgan fingerprint density at radius 1 is 1.05 bits per heavy atom. The van der Waals surface area contributed by atoms with Crippen LogP contribution in [0.15, 0.2) is 24.3 Å². The van der Waals surface area contributed by atoms with Gasteiger partial charge in [0.2, 0.25) is 5.91 Å². The summed E-state index contributed by atoms with van der Waals surface area (Å²) in [6.07, 6.45) is 1.92. The van der Waals surface area contributed by atoms with Crippen molar-refractivity contribution in [3.05, 3.63) is 30.1 Å². The first kappa shape index (κ1) is 15.3. The summed E-state index contributed by atoms with van der Waals surface area (Å²) in [5.41, 5.74) is 0.647. The Morgan fingerprint density at radius 2 is 1.68 bits per heavy atom. The molecule has 0 aliphatic carbocycles. The highest BCUT2D eigenvalue weighted by atomic mass is 19.1. The zero-order valence-corrected chi connectivity index (χ0v) is 13.2. The van der Waals surface area contributed by atoms with Gasteiger partial charge in [0.05, 0.1) is 5.69 Å². The summed E-state index contributed by atoms with van der Waals surface area (Å²) < 4.78 is 13.8. The molecule has 1 aromatic carbocycles. The standard InChI is InChI=1S/C17H24FN3O/c1-19-8-6-14(7-9-19)17(22)21-12-10-20(11-13-21)16-5-3-2-4-15(16)18/h2-5,14H,6-13H2,1H3. The first-order valence-electron chi connectivity index (χ1n) is 8.12. The maximum Gasteiger partial charge on any atom is 0.225 e. The van der Waals surface area contributed by atoms with Crippen molar-refractivity contribution in [2.45, 2.75) is 12.8 Å². The second kappa shape index (κ2) is 6.65. The molecular weight excluding hydrogens is 281 g/mol. The molecule has 5 heteroatoms. The van der Waals surface area contributed by atoms with E-state index in [1.165, 1.54) is 6.07 Å². The molecule has 0 N–H and O–H groups in total. The molecule has 0 atom stereocenters. The van der Waals surface area contributed by atoms with E-state index in [1.807, 2.05) is 21.9 Å². The molecule has 0 radical (unpaired) electrons. The number of piperazine rings is 1. The van der Waals surface area contributed by atoms with Crippen molar-refractivity contribution >= 4 is 11.6 Å². The van der Waals surface area contributed by atoms with Crippen LogP contribution in [-0.2, 0) is 4.79 Å². The van der Waals surface area contributed by atoms with E-state index in [4.69, 9.17) is 0 Å². The third kappa shape index (κ3) is 3.24. The maximum atomic E-state index is 13.8. The second-order valence-corrected chi connectivity index (χ2v) is 6.34. The number of carbonyl (C=O) groups is 1. The molecule has 4 nitrogen and oxygen atoms in total. The number of para-hydroxylation sites is 1. The number of hydrogen-bond acceptors (Lipinski definition) is 3. The van der Waals surface area contributed by atoms with Gasteiger partial charge in [0.1, 0.15) is 5.82 Å². The predicted molar refractivity (Wildman–Crippen MR) is 85.4 cm³/mol. The number of nitrogens with zero attached hydrogens (tertiary/aromatic N) is 3. The molecule has 0 unspecified atom stereocenters. The van der Waals surface area contributed by atoms with Gasteiger partial charge in [-0.2, -0.15) is 0 Å². The Morgan fingerprint density at radius 3 is 2.32 bits per heavy atom. The summed E-state index contributed by atoms with van der Waals surface area (Å²) >= 11 is 0. The SMILES string of the molecule is CN1CCC(C(=O)N2CCN(c3ccccc3F)CC2)CC1. The Hall–Kier alpha value is -1.62. The number of likely N-dealkylation sites (tertiary alicyclic amines) is 1. The third-order valence-electron chi connectivity index (χ3n) is 4.85. The van der Waals surface area contributed by atoms with Crippen LogP contribution < -0.4 is 4.90 Å². The fourth-order valence-corrected chi connectivity index (χ4v) is 3.39. The Balaban J connectivity index is 1.55. The lowest BCUT2D eigenvalue weighted by atomic mass is 9.95. The van der Waals surface area contributed by atoms with Crippen LogP contribution in [0.1, 0.15) is 12.8 Å². The van der Waals surface area contributed by atoms with Crippen molar-refractivity contribution in [1.29, 1.82) is 0 Å². The Kier molecular flexibility index (Phi) is 4.62. The highest BCUT2D eigenvalue weighted by molar-refractivity contribution is 5.79. The number of hydrogen-bond donors (Lipinski definition) is 0. The average Bonchev–Trinajstić information content (AvgIpc) is 2.56. The van der Waals surface area contributed by atoms with E-state index < -0.39 is 0 Å². The maximum absolute atomic E-state index is 13.8. The zero-order valence-electron chi connectivity index (χ0n) is 13.2. The van der Waals surface area contributed by atoms with Crippen molar-refractivity contribution in [2.75, 3.05) is 51.2 Å². The van der Waals surface area contributed by atoms with Crippen molar-refractivity contribution in [1.82, 2.24) is 9.80 Å². The van der Waals surface area contributed by atoms with Crippen LogP contribution in [0.25, 0.3) is 0 Å². The molecule has 0 bridgehead atoms. The van der Waals surface area contributed by atoms with Gasteiger partial charge in [0.15, 0.2) is 0 Å². The average molecular weight is 305 g/mol. The fraction of sp³-hybridized carbons (Fsp3) is 0.588. The molecule has 2 heterocycles. The van der Waals surface area contributed by atoms with Crippen molar-refractivity contribution in [3.8, 4) is 0 Å². The molecule has 0 spiro atoms. The van der Waals surface area contributed by atoms with Gasteiger partial charge in [-0.3, -0.25) is 4.79 Å². The molecular formula is C17H24FN3O. The largest absolute Gasteiger partial charge is 0.366 e. The van der Waals surface area contributed by atoms with Gasteiger partial charge in [-0.05, 0) is 45.1 Å². The minimum absolute atomic E-state index is 0.177. The quantitative estimate of drug-likeness (QED) is 0.834. The molecule has 0 saturated carbocycles. The third-order valence-corrected chi connectivity index (χ3v) is 4.85. The summed E-state index contributed by atoms with van der Waals surface area (Å²) in [7, 11) is 2.11. The summed E-state index contributed by atoms with van der Waals surface area (Å²) in [6.45, 7) is 4.81. The highest BCUT2D eigenvalue weighted by Gasteiger charge is 2.29. The molecule has 2 fully saturated rings. The summed E-state index contributed by atoms with van der Waals surface area (Å²) in [5.74, 6) is 0.287. The molecule has 0 aromatic heterocycles. The Bertz CT molecular complexity index is 520. The van der Waals surface area contributed by atoms with E-state index in [0.29, 0.717) is 37.8 Å². The van der Waals surface area contributed by atoms with Gasteiger partial charge in [-0.25, -0.2) is 4.39 Å². The van der Waals surface area contributed by atoms with Crippen molar-refractivity contribution in [2.24, 2.45) is 5.92 Å². The molecule has 2 aliphatic rings. The number of amides is 1. The molecule has 3 rings (SSSR count). The highest BCUT2D eigenvalue weighted by Crippen LogP contribution is 2.23. The van der Waals surface area contributed by atoms with Crippen molar-refractivity contribution in [3.63, 3.8) is 0 Å². The summed E-state index contributed by atoms with van der Waals surface area (Å²) in [5, 5.41) is 0. The smallest absolute Gasteiger partial charge is 0.225 e. The van der Waals surface area contributed by atoms with Crippen LogP contribution >= 0.6 is 0 Å². The van der Waals surface area contributed by atoms with Gasteiger partial charge in [-0.15, -0.1) is 0 Å². The lowest BCUT2D eigenvalue weighted by Gasteiger charge is -2.39. The first-order chi connectivity index (χ1) is 10.6. The van der Waals surface area contributed by atoms with E-state index in [1.54, 1.807) is 6.07 Å². The van der Waals surface area contributed by atoms with E-state index in [9.17, 15) is 9.18 Å². The number of piperidine rings is 1. The Labute approximate surface area is 131 Å². The number of benzene rings is 1. The van der Waals surface area contributed by atoms with Crippen LogP contribution in [0.4, 0.5) is 10.1 Å². The van der Waals surface area contributed by atoms with Gasteiger partial charge >= 0.3 is 0 Å². The van der Waals surface area contributed by atoms with E-state index in [-0.39, 0.29) is 11.7 Å². The lowest BCUT2D eigenvalue weighted by Crippen LogP contribution is -2.51. The second-order valence-electron chi connectivity index (χ2n) is 6.34. The molecule has 22 heavy (non-hydrogen) atoms. The number of rotatable bonds is 2. The molecule has 1 amide bonds. The fourth-order valence-electron chi connectivity index (χ4n) is 3.39. The van der Waals surface area contributed by atoms with Crippen LogP contribution in [0.5, 0.6) is 0 Å². The van der Waals surface area contributed by atoms with E-state index in [0.717, 1.165) is 25.9 Å². The predicted octanol–water partition coefficient (Wildman–Crippen LogP) is 1.82. The molecule has 1 aromatic rings. The molecule has 2 saturated heterocycles. The monoisotopic (exact) mass is 305 g/mol. The number of anilines is 1. The normalized spacial score (nSPS) is 21.2. The van der Waals surface area contributed by atoms with E-state index in [2.05, 4.69) is 11.9 Å². The minimum Gasteiger partial charge on any atom is -0.366 e. The van der Waals surface area contributed by atoms with Crippen molar-refractivity contribution < 1.29 is 9.18 Å². The topological polar surface area (TPSA) is 26.8 Å². The van der Waals surface area contributed by atoms with Gasteiger partial charge in [0, 0.05) is 32.1 Å². The minimum atomic E-state index is -0.183. The van der Waals surface area contributed by atoms with Crippen LogP contribution in [0.2, 0.25) is 0 Å². The zero-order chi connectivity index (χ0) is 15.5. The molecule has 120 valence electrons. The van der Waals surface area contributed by atoms with E-state index >= 15 is 0 Å². The van der Waals surface area contributed by atoms with Crippen LogP contribution in [-0.4, -0.2) is 62.0 Å². The summed E-state index contributed by atoms with van der Waals surface area (Å²) in [4.78, 5) is 18.9. The lowest BCUT2D eigenvalue weighted by molar-refractivity contribution is -0.137. The first-order valence-corrected chi connectivity index (χ1v) is 8.12. The summed E-state index contributed by atoms with van der Waals surface area (Å²) in [6, 6.07) is 6.86. The van der Waals surface area contributed by atoms with Gasteiger partial charge in [0.25, 0.3) is 0 Å².